The Morgan fingerprint density at radius 3 is 2.80 bits per heavy atom. The molecule has 20 heavy (non-hydrogen) atoms. The van der Waals surface area contributed by atoms with Gasteiger partial charge in [0.15, 0.2) is 0 Å². The normalized spacial score (nSPS) is 10.7. The average molecular weight is 262 g/mol. The Bertz CT molecular complexity index is 824. The van der Waals surface area contributed by atoms with Crippen molar-refractivity contribution in [2.45, 2.75) is 20.4 Å². The van der Waals surface area contributed by atoms with Crippen molar-refractivity contribution in [3.05, 3.63) is 47.8 Å². The van der Waals surface area contributed by atoms with Gasteiger partial charge in [0.25, 0.3) is 0 Å². The van der Waals surface area contributed by atoms with Gasteiger partial charge in [-0.05, 0) is 44.2 Å². The van der Waals surface area contributed by atoms with E-state index < -0.39 is 0 Å². The van der Waals surface area contributed by atoms with E-state index in [1.807, 2.05) is 37.3 Å². The molecule has 0 amide bonds. The number of imidazole rings is 1. The van der Waals surface area contributed by atoms with E-state index in [4.69, 9.17) is 5.26 Å². The summed E-state index contributed by atoms with van der Waals surface area (Å²) in [6.45, 7) is 4.90. The molecule has 0 aliphatic heterocycles. The first-order valence-electron chi connectivity index (χ1n) is 6.56. The lowest BCUT2D eigenvalue weighted by atomic mass is 10.2. The second-order valence-electron chi connectivity index (χ2n) is 4.68. The van der Waals surface area contributed by atoms with Crippen molar-refractivity contribution in [1.82, 2.24) is 14.5 Å². The molecule has 0 unspecified atom stereocenters. The Morgan fingerprint density at radius 2 is 2.10 bits per heavy atom. The number of fused-ring (bicyclic) bond motifs is 1. The van der Waals surface area contributed by atoms with Crippen LogP contribution in [0.25, 0.3) is 22.4 Å². The van der Waals surface area contributed by atoms with Crippen LogP contribution in [0.15, 0.2) is 36.5 Å². The van der Waals surface area contributed by atoms with E-state index in [1.165, 1.54) is 0 Å². The van der Waals surface area contributed by atoms with Gasteiger partial charge in [-0.1, -0.05) is 0 Å². The first-order chi connectivity index (χ1) is 9.72. The molecule has 2 aromatic heterocycles. The molecule has 0 spiro atoms. The molecule has 0 saturated carbocycles. The fraction of sp³-hybridized carbons (Fsp3) is 0.188. The maximum absolute atomic E-state index is 8.99. The Labute approximate surface area is 117 Å². The van der Waals surface area contributed by atoms with Crippen molar-refractivity contribution in [3.8, 4) is 17.5 Å². The van der Waals surface area contributed by atoms with Gasteiger partial charge in [0.1, 0.15) is 5.82 Å². The second-order valence-corrected chi connectivity index (χ2v) is 4.68. The summed E-state index contributed by atoms with van der Waals surface area (Å²) in [6.07, 6.45) is 1.80. The highest BCUT2D eigenvalue weighted by molar-refractivity contribution is 5.82. The van der Waals surface area contributed by atoms with Crippen molar-refractivity contribution in [1.29, 1.82) is 5.26 Å². The molecule has 4 nitrogen and oxygen atoms in total. The van der Waals surface area contributed by atoms with Crippen LogP contribution in [0.2, 0.25) is 0 Å². The minimum atomic E-state index is 0.635. The van der Waals surface area contributed by atoms with Crippen molar-refractivity contribution in [3.63, 3.8) is 0 Å². The predicted molar refractivity (Wildman–Crippen MR) is 78.1 cm³/mol. The lowest BCUT2D eigenvalue weighted by molar-refractivity contribution is 0.796. The number of hydrogen-bond acceptors (Lipinski definition) is 3. The molecular weight excluding hydrogens is 248 g/mol. The first kappa shape index (κ1) is 12.4. The van der Waals surface area contributed by atoms with E-state index in [9.17, 15) is 0 Å². The number of benzene rings is 1. The number of pyridine rings is 1. The van der Waals surface area contributed by atoms with Crippen LogP contribution >= 0.6 is 0 Å². The summed E-state index contributed by atoms with van der Waals surface area (Å²) in [5.41, 5.74) is 4.56. The number of aryl methyl sites for hydroxylation is 2. The van der Waals surface area contributed by atoms with Crippen LogP contribution < -0.4 is 0 Å². The molecule has 98 valence electrons. The van der Waals surface area contributed by atoms with E-state index in [0.29, 0.717) is 5.56 Å². The third-order valence-corrected chi connectivity index (χ3v) is 3.35. The summed E-state index contributed by atoms with van der Waals surface area (Å²) >= 11 is 0. The van der Waals surface area contributed by atoms with Crippen LogP contribution in [0.1, 0.15) is 18.2 Å². The van der Waals surface area contributed by atoms with Gasteiger partial charge in [-0.25, -0.2) is 4.98 Å². The fourth-order valence-electron chi connectivity index (χ4n) is 2.42. The van der Waals surface area contributed by atoms with Crippen molar-refractivity contribution >= 4 is 11.0 Å². The molecule has 1 aromatic carbocycles. The van der Waals surface area contributed by atoms with Crippen LogP contribution in [-0.2, 0) is 6.54 Å². The molecular formula is C16H14N4. The minimum absolute atomic E-state index is 0.635. The molecule has 3 aromatic rings. The Hall–Kier alpha value is -2.67. The number of nitriles is 1. The summed E-state index contributed by atoms with van der Waals surface area (Å²) in [6, 6.07) is 11.8. The summed E-state index contributed by atoms with van der Waals surface area (Å²) in [5, 5.41) is 8.99. The highest BCUT2D eigenvalue weighted by atomic mass is 15.1. The molecule has 0 fully saturated rings. The molecule has 0 atom stereocenters. The highest BCUT2D eigenvalue weighted by Crippen LogP contribution is 2.25. The van der Waals surface area contributed by atoms with Gasteiger partial charge in [-0.15, -0.1) is 0 Å². The molecule has 0 N–H and O–H groups in total. The van der Waals surface area contributed by atoms with Gasteiger partial charge in [-0.3, -0.25) is 4.98 Å². The van der Waals surface area contributed by atoms with Crippen molar-refractivity contribution in [2.75, 3.05) is 0 Å². The standard InChI is InChI=1S/C16H14N4/c1-3-20-15-5-4-12(10-17)9-14(15)19-16(20)13-6-7-18-11(2)8-13/h4-9H,3H2,1-2H3. The molecule has 0 saturated heterocycles. The van der Waals surface area contributed by atoms with Crippen LogP contribution in [0, 0.1) is 18.3 Å². The molecule has 3 rings (SSSR count). The SMILES string of the molecule is CCn1c(-c2ccnc(C)c2)nc2cc(C#N)ccc21. The maximum atomic E-state index is 8.99. The van der Waals surface area contributed by atoms with Crippen LogP contribution in [0.4, 0.5) is 0 Å². The van der Waals surface area contributed by atoms with E-state index in [-0.39, 0.29) is 0 Å². The van der Waals surface area contributed by atoms with E-state index in [0.717, 1.165) is 34.7 Å². The molecule has 0 aliphatic carbocycles. The summed E-state index contributed by atoms with van der Waals surface area (Å²) < 4.78 is 2.16. The predicted octanol–water partition coefficient (Wildman–Crippen LogP) is 3.30. The number of rotatable bonds is 2. The van der Waals surface area contributed by atoms with Gasteiger partial charge < -0.3 is 4.57 Å². The van der Waals surface area contributed by atoms with E-state index in [1.54, 1.807) is 6.20 Å². The van der Waals surface area contributed by atoms with Gasteiger partial charge in [0.05, 0.1) is 22.7 Å². The smallest absolute Gasteiger partial charge is 0.141 e. The number of nitrogens with zero attached hydrogens (tertiary/aromatic N) is 4. The average Bonchev–Trinajstić information content (AvgIpc) is 2.84. The highest BCUT2D eigenvalue weighted by Gasteiger charge is 2.12. The van der Waals surface area contributed by atoms with Crippen LogP contribution in [-0.4, -0.2) is 14.5 Å². The molecule has 0 aliphatic rings. The topological polar surface area (TPSA) is 54.5 Å². The van der Waals surface area contributed by atoms with Crippen molar-refractivity contribution in [2.24, 2.45) is 0 Å². The summed E-state index contributed by atoms with van der Waals surface area (Å²) in [7, 11) is 0. The van der Waals surface area contributed by atoms with E-state index >= 15 is 0 Å². The summed E-state index contributed by atoms with van der Waals surface area (Å²) in [5.74, 6) is 0.920. The fourth-order valence-corrected chi connectivity index (χ4v) is 2.42. The monoisotopic (exact) mass is 262 g/mol. The van der Waals surface area contributed by atoms with Gasteiger partial charge in [0.2, 0.25) is 0 Å². The molecule has 0 bridgehead atoms. The Morgan fingerprint density at radius 1 is 1.25 bits per heavy atom. The first-order valence-corrected chi connectivity index (χ1v) is 6.56. The van der Waals surface area contributed by atoms with E-state index in [2.05, 4.69) is 27.5 Å². The zero-order valence-corrected chi connectivity index (χ0v) is 11.5. The Balaban J connectivity index is 2.28. The van der Waals surface area contributed by atoms with Crippen molar-refractivity contribution < 1.29 is 0 Å². The maximum Gasteiger partial charge on any atom is 0.141 e. The van der Waals surface area contributed by atoms with Gasteiger partial charge in [0, 0.05) is 24.0 Å². The summed E-state index contributed by atoms with van der Waals surface area (Å²) in [4.78, 5) is 8.91. The largest absolute Gasteiger partial charge is 0.324 e. The quantitative estimate of drug-likeness (QED) is 0.712. The third kappa shape index (κ3) is 1.94. The molecule has 4 heteroatoms. The lowest BCUT2D eigenvalue weighted by Crippen LogP contribution is -1.98. The molecule has 2 heterocycles. The minimum Gasteiger partial charge on any atom is -0.324 e. The number of aromatic nitrogens is 3. The second kappa shape index (κ2) is 4.78. The third-order valence-electron chi connectivity index (χ3n) is 3.35. The van der Waals surface area contributed by atoms with Crippen LogP contribution in [0.5, 0.6) is 0 Å². The van der Waals surface area contributed by atoms with Gasteiger partial charge in [-0.2, -0.15) is 5.26 Å². The molecule has 0 radical (unpaired) electrons. The Kier molecular flexibility index (Phi) is 2.96. The lowest BCUT2D eigenvalue weighted by Gasteiger charge is -2.06. The zero-order valence-electron chi connectivity index (χ0n) is 11.5. The number of hydrogen-bond donors (Lipinski definition) is 0. The van der Waals surface area contributed by atoms with Gasteiger partial charge >= 0.3 is 0 Å². The zero-order chi connectivity index (χ0) is 14.1. The van der Waals surface area contributed by atoms with Crippen LogP contribution in [0.3, 0.4) is 0 Å².